The number of amides is 1. The van der Waals surface area contributed by atoms with E-state index in [0.29, 0.717) is 18.5 Å². The second-order valence-electron chi connectivity index (χ2n) is 5.08. The minimum absolute atomic E-state index is 0.0841. The van der Waals surface area contributed by atoms with Crippen molar-refractivity contribution in [2.45, 2.75) is 19.4 Å². The Hall–Kier alpha value is -2.80. The van der Waals surface area contributed by atoms with Gasteiger partial charge in [-0.25, -0.2) is 0 Å². The number of carbonyl (C=O) groups excluding carboxylic acids is 1. The molecule has 0 aromatic heterocycles. The summed E-state index contributed by atoms with van der Waals surface area (Å²) in [6.07, 6.45) is 1.33. The Morgan fingerprint density at radius 1 is 1.14 bits per heavy atom. The summed E-state index contributed by atoms with van der Waals surface area (Å²) < 4.78 is 0. The number of benzene rings is 2. The first-order valence-electron chi connectivity index (χ1n) is 6.90. The molecular weight excluding hydrogens is 262 g/mol. The fourth-order valence-corrected chi connectivity index (χ4v) is 2.39. The third kappa shape index (κ3) is 3.03. The minimum Gasteiger partial charge on any atom is -0.381 e. The maximum Gasteiger partial charge on any atom is 0.224 e. The predicted octanol–water partition coefficient (Wildman–Crippen LogP) is 3.06. The maximum absolute atomic E-state index is 11.3. The summed E-state index contributed by atoms with van der Waals surface area (Å²) in [5.41, 5.74) is 4.91. The van der Waals surface area contributed by atoms with Crippen LogP contribution in [-0.2, 0) is 17.8 Å². The zero-order valence-corrected chi connectivity index (χ0v) is 11.5. The van der Waals surface area contributed by atoms with Gasteiger partial charge in [0.2, 0.25) is 5.91 Å². The highest BCUT2D eigenvalue weighted by atomic mass is 16.1. The summed E-state index contributed by atoms with van der Waals surface area (Å²) in [6.45, 7) is 0.705. The Bertz CT molecular complexity index is 714. The molecule has 4 nitrogen and oxygen atoms in total. The predicted molar refractivity (Wildman–Crippen MR) is 81.9 cm³/mol. The van der Waals surface area contributed by atoms with E-state index in [1.807, 2.05) is 36.4 Å². The molecule has 1 aliphatic rings. The van der Waals surface area contributed by atoms with Crippen LogP contribution in [-0.4, -0.2) is 5.91 Å². The quantitative estimate of drug-likeness (QED) is 0.906. The molecule has 0 atom stereocenters. The van der Waals surface area contributed by atoms with Crippen molar-refractivity contribution < 1.29 is 4.79 Å². The monoisotopic (exact) mass is 277 g/mol. The van der Waals surface area contributed by atoms with Crippen LogP contribution in [0.4, 0.5) is 11.4 Å². The lowest BCUT2D eigenvalue weighted by atomic mass is 10.0. The molecule has 3 rings (SSSR count). The lowest BCUT2D eigenvalue weighted by Gasteiger charge is -2.18. The van der Waals surface area contributed by atoms with E-state index in [9.17, 15) is 4.79 Å². The van der Waals surface area contributed by atoms with Gasteiger partial charge in [-0.2, -0.15) is 5.26 Å². The molecular formula is C17H15N3O. The molecule has 0 saturated heterocycles. The van der Waals surface area contributed by atoms with Crippen molar-refractivity contribution in [1.82, 2.24) is 0 Å². The first kappa shape index (κ1) is 13.2. The number of hydrogen-bond donors (Lipinski definition) is 2. The highest BCUT2D eigenvalue weighted by Crippen LogP contribution is 2.25. The van der Waals surface area contributed by atoms with Gasteiger partial charge < -0.3 is 10.6 Å². The molecule has 0 bridgehead atoms. The second-order valence-corrected chi connectivity index (χ2v) is 5.08. The number of nitrogens with one attached hydrogen (secondary N) is 2. The van der Waals surface area contributed by atoms with E-state index in [0.717, 1.165) is 23.4 Å². The number of nitriles is 1. The second kappa shape index (κ2) is 5.68. The zero-order valence-electron chi connectivity index (χ0n) is 11.5. The van der Waals surface area contributed by atoms with Gasteiger partial charge in [0, 0.05) is 24.3 Å². The highest BCUT2D eigenvalue weighted by molar-refractivity contribution is 5.94. The van der Waals surface area contributed by atoms with E-state index in [2.05, 4.69) is 22.8 Å². The van der Waals surface area contributed by atoms with Crippen LogP contribution in [0.25, 0.3) is 0 Å². The molecule has 0 aliphatic carbocycles. The normalized spacial score (nSPS) is 13.0. The number of carbonyl (C=O) groups is 1. The molecule has 0 saturated carbocycles. The fraction of sp³-hybridized carbons (Fsp3) is 0.176. The van der Waals surface area contributed by atoms with Crippen LogP contribution in [0.3, 0.4) is 0 Å². The summed E-state index contributed by atoms with van der Waals surface area (Å²) in [6, 6.07) is 15.6. The van der Waals surface area contributed by atoms with E-state index < -0.39 is 0 Å². The topological polar surface area (TPSA) is 64.9 Å². The van der Waals surface area contributed by atoms with Crippen LogP contribution in [0.15, 0.2) is 42.5 Å². The van der Waals surface area contributed by atoms with E-state index in [-0.39, 0.29) is 5.91 Å². The standard InChI is InChI=1S/C17H15N3O/c18-10-12-1-3-13(4-2-12)11-19-15-6-7-16-14(9-15)5-8-17(21)20-16/h1-4,6-7,9,19H,5,8,11H2,(H,20,21). The molecule has 2 N–H and O–H groups in total. The van der Waals surface area contributed by atoms with Crippen LogP contribution >= 0.6 is 0 Å². The van der Waals surface area contributed by atoms with Gasteiger partial charge in [-0.1, -0.05) is 12.1 Å². The maximum atomic E-state index is 11.3. The molecule has 1 aliphatic heterocycles. The van der Waals surface area contributed by atoms with Crippen molar-refractivity contribution >= 4 is 17.3 Å². The van der Waals surface area contributed by atoms with Crippen molar-refractivity contribution in [3.8, 4) is 6.07 Å². The van der Waals surface area contributed by atoms with Crippen molar-refractivity contribution in [3.63, 3.8) is 0 Å². The molecule has 21 heavy (non-hydrogen) atoms. The number of aryl methyl sites for hydroxylation is 1. The number of anilines is 2. The molecule has 2 aromatic carbocycles. The van der Waals surface area contributed by atoms with Crippen molar-refractivity contribution in [2.75, 3.05) is 10.6 Å². The highest BCUT2D eigenvalue weighted by Gasteiger charge is 2.14. The lowest BCUT2D eigenvalue weighted by Crippen LogP contribution is -2.18. The Kier molecular flexibility index (Phi) is 3.57. The number of nitrogens with zero attached hydrogens (tertiary/aromatic N) is 1. The molecule has 104 valence electrons. The van der Waals surface area contributed by atoms with Gasteiger partial charge in [0.25, 0.3) is 0 Å². The van der Waals surface area contributed by atoms with Crippen LogP contribution in [0.2, 0.25) is 0 Å². The van der Waals surface area contributed by atoms with Crippen LogP contribution < -0.4 is 10.6 Å². The first-order chi connectivity index (χ1) is 10.2. The smallest absolute Gasteiger partial charge is 0.224 e. The van der Waals surface area contributed by atoms with Crippen molar-refractivity contribution in [2.24, 2.45) is 0 Å². The largest absolute Gasteiger partial charge is 0.381 e. The Balaban J connectivity index is 1.68. The third-order valence-corrected chi connectivity index (χ3v) is 3.58. The van der Waals surface area contributed by atoms with E-state index >= 15 is 0 Å². The molecule has 4 heteroatoms. The summed E-state index contributed by atoms with van der Waals surface area (Å²) in [5.74, 6) is 0.0841. The van der Waals surface area contributed by atoms with Crippen LogP contribution in [0, 0.1) is 11.3 Å². The fourth-order valence-electron chi connectivity index (χ4n) is 2.39. The number of hydrogen-bond acceptors (Lipinski definition) is 3. The average molecular weight is 277 g/mol. The number of rotatable bonds is 3. The Morgan fingerprint density at radius 2 is 1.95 bits per heavy atom. The van der Waals surface area contributed by atoms with E-state index in [4.69, 9.17) is 5.26 Å². The molecule has 1 heterocycles. The van der Waals surface area contributed by atoms with Crippen LogP contribution in [0.5, 0.6) is 0 Å². The molecule has 0 unspecified atom stereocenters. The average Bonchev–Trinajstić information content (AvgIpc) is 2.53. The third-order valence-electron chi connectivity index (χ3n) is 3.58. The van der Waals surface area contributed by atoms with Gasteiger partial charge in [0.15, 0.2) is 0 Å². The van der Waals surface area contributed by atoms with E-state index in [1.165, 1.54) is 5.56 Å². The first-order valence-corrected chi connectivity index (χ1v) is 6.90. The molecule has 0 radical (unpaired) electrons. The summed E-state index contributed by atoms with van der Waals surface area (Å²) in [5, 5.41) is 15.0. The van der Waals surface area contributed by atoms with Gasteiger partial charge in [-0.15, -0.1) is 0 Å². The van der Waals surface area contributed by atoms with Gasteiger partial charge in [-0.3, -0.25) is 4.79 Å². The molecule has 0 spiro atoms. The Labute approximate surface area is 123 Å². The SMILES string of the molecule is N#Cc1ccc(CNc2ccc3c(c2)CCC(=O)N3)cc1. The summed E-state index contributed by atoms with van der Waals surface area (Å²) in [7, 11) is 0. The van der Waals surface area contributed by atoms with Gasteiger partial charge in [0.05, 0.1) is 11.6 Å². The van der Waals surface area contributed by atoms with Gasteiger partial charge in [-0.05, 0) is 47.9 Å². The molecule has 1 amide bonds. The van der Waals surface area contributed by atoms with Gasteiger partial charge in [0.1, 0.15) is 0 Å². The van der Waals surface area contributed by atoms with E-state index in [1.54, 1.807) is 0 Å². The molecule has 0 fully saturated rings. The Morgan fingerprint density at radius 3 is 2.71 bits per heavy atom. The van der Waals surface area contributed by atoms with Crippen molar-refractivity contribution in [3.05, 3.63) is 59.2 Å². The zero-order chi connectivity index (χ0) is 14.7. The van der Waals surface area contributed by atoms with Crippen molar-refractivity contribution in [1.29, 1.82) is 5.26 Å². The summed E-state index contributed by atoms with van der Waals surface area (Å²) >= 11 is 0. The molecule has 2 aromatic rings. The lowest BCUT2D eigenvalue weighted by molar-refractivity contribution is -0.116. The number of fused-ring (bicyclic) bond motifs is 1. The summed E-state index contributed by atoms with van der Waals surface area (Å²) in [4.78, 5) is 11.3. The van der Waals surface area contributed by atoms with Gasteiger partial charge >= 0.3 is 0 Å². The van der Waals surface area contributed by atoms with Crippen LogP contribution in [0.1, 0.15) is 23.1 Å². The minimum atomic E-state index is 0.0841.